The van der Waals surface area contributed by atoms with Gasteiger partial charge in [0.1, 0.15) is 5.76 Å². The van der Waals surface area contributed by atoms with Crippen molar-refractivity contribution in [3.8, 4) is 6.07 Å². The average molecular weight is 150 g/mol. The zero-order chi connectivity index (χ0) is 8.27. The highest BCUT2D eigenvalue weighted by molar-refractivity contribution is 5.11. The lowest BCUT2D eigenvalue weighted by molar-refractivity contribution is 0.367. The Morgan fingerprint density at radius 2 is 2.45 bits per heavy atom. The van der Waals surface area contributed by atoms with E-state index in [1.54, 1.807) is 0 Å². The molecule has 1 aromatic rings. The Hall–Kier alpha value is -1.30. The zero-order valence-corrected chi connectivity index (χ0v) is 6.66. The highest BCUT2D eigenvalue weighted by atomic mass is 16.5. The fraction of sp³-hybridized carbons (Fsp3) is 0.500. The van der Waals surface area contributed by atoms with Crippen LogP contribution in [0.2, 0.25) is 0 Å². The maximum Gasteiger partial charge on any atom is 0.139 e. The van der Waals surface area contributed by atoms with Gasteiger partial charge in [-0.25, -0.2) is 0 Å². The molecule has 0 fully saturated rings. The van der Waals surface area contributed by atoms with Gasteiger partial charge in [-0.1, -0.05) is 19.0 Å². The standard InChI is InChI=1S/C8H10N2O/c1-6(2)8-5-7(3-4-9)10-11-8/h5-6H,3H2,1-2H3. The van der Waals surface area contributed by atoms with Crippen molar-refractivity contribution in [3.05, 3.63) is 17.5 Å². The quantitative estimate of drug-likeness (QED) is 0.646. The summed E-state index contributed by atoms with van der Waals surface area (Å²) in [5, 5.41) is 12.1. The van der Waals surface area contributed by atoms with Gasteiger partial charge in [-0.15, -0.1) is 0 Å². The molecule has 0 unspecified atom stereocenters. The van der Waals surface area contributed by atoms with Crippen molar-refractivity contribution in [3.63, 3.8) is 0 Å². The van der Waals surface area contributed by atoms with Crippen molar-refractivity contribution >= 4 is 0 Å². The smallest absolute Gasteiger partial charge is 0.139 e. The Kier molecular flexibility index (Phi) is 2.27. The Labute approximate surface area is 65.6 Å². The van der Waals surface area contributed by atoms with E-state index in [0.717, 1.165) is 11.5 Å². The van der Waals surface area contributed by atoms with E-state index >= 15 is 0 Å². The van der Waals surface area contributed by atoms with Crippen molar-refractivity contribution in [1.82, 2.24) is 5.16 Å². The van der Waals surface area contributed by atoms with Crippen LogP contribution in [0, 0.1) is 11.3 Å². The van der Waals surface area contributed by atoms with E-state index in [1.165, 1.54) is 0 Å². The SMILES string of the molecule is CC(C)c1cc(CC#N)no1. The molecule has 1 heterocycles. The van der Waals surface area contributed by atoms with Gasteiger partial charge >= 0.3 is 0 Å². The van der Waals surface area contributed by atoms with Crippen LogP contribution in [0.4, 0.5) is 0 Å². The first-order chi connectivity index (χ1) is 5.24. The monoisotopic (exact) mass is 150 g/mol. The molecule has 0 amide bonds. The molecule has 11 heavy (non-hydrogen) atoms. The molecule has 58 valence electrons. The molecule has 1 aromatic heterocycles. The number of hydrogen-bond donors (Lipinski definition) is 0. The van der Waals surface area contributed by atoms with Gasteiger partial charge in [0.25, 0.3) is 0 Å². The number of rotatable bonds is 2. The van der Waals surface area contributed by atoms with Crippen LogP contribution in [0.15, 0.2) is 10.6 Å². The summed E-state index contributed by atoms with van der Waals surface area (Å²) >= 11 is 0. The molecule has 0 radical (unpaired) electrons. The molecular weight excluding hydrogens is 140 g/mol. The van der Waals surface area contributed by atoms with Gasteiger partial charge in [-0.05, 0) is 0 Å². The van der Waals surface area contributed by atoms with Crippen molar-refractivity contribution in [2.75, 3.05) is 0 Å². The summed E-state index contributed by atoms with van der Waals surface area (Å²) in [7, 11) is 0. The highest BCUT2D eigenvalue weighted by Crippen LogP contribution is 2.14. The normalized spacial score (nSPS) is 10.0. The summed E-state index contributed by atoms with van der Waals surface area (Å²) in [6.07, 6.45) is 0.330. The van der Waals surface area contributed by atoms with Crippen LogP contribution < -0.4 is 0 Å². The van der Waals surface area contributed by atoms with Crippen molar-refractivity contribution in [2.45, 2.75) is 26.2 Å². The minimum atomic E-state index is 0.330. The second-order valence-electron chi connectivity index (χ2n) is 2.71. The third kappa shape index (κ3) is 1.81. The van der Waals surface area contributed by atoms with Crippen LogP contribution in [0.3, 0.4) is 0 Å². The van der Waals surface area contributed by atoms with Crippen LogP contribution >= 0.6 is 0 Å². The molecule has 0 spiro atoms. The van der Waals surface area contributed by atoms with Gasteiger partial charge in [-0.2, -0.15) is 5.26 Å². The van der Waals surface area contributed by atoms with E-state index < -0.39 is 0 Å². The number of hydrogen-bond acceptors (Lipinski definition) is 3. The van der Waals surface area contributed by atoms with E-state index in [9.17, 15) is 0 Å². The predicted octanol–water partition coefficient (Wildman–Crippen LogP) is 1.86. The first-order valence-electron chi connectivity index (χ1n) is 3.56. The summed E-state index contributed by atoms with van der Waals surface area (Å²) in [5.41, 5.74) is 0.719. The molecule has 0 N–H and O–H groups in total. The molecule has 0 saturated heterocycles. The van der Waals surface area contributed by atoms with Gasteiger partial charge in [0.15, 0.2) is 0 Å². The summed E-state index contributed by atoms with van der Waals surface area (Å²) in [6, 6.07) is 3.84. The molecule has 0 atom stereocenters. The number of nitriles is 1. The van der Waals surface area contributed by atoms with Gasteiger partial charge in [0, 0.05) is 12.0 Å². The largest absolute Gasteiger partial charge is 0.361 e. The maximum absolute atomic E-state index is 8.34. The van der Waals surface area contributed by atoms with Crippen molar-refractivity contribution in [1.29, 1.82) is 5.26 Å². The Bertz CT molecular complexity index is 270. The topological polar surface area (TPSA) is 49.8 Å². The van der Waals surface area contributed by atoms with Gasteiger partial charge in [0.2, 0.25) is 0 Å². The lowest BCUT2D eigenvalue weighted by Gasteiger charge is -1.93. The van der Waals surface area contributed by atoms with Crippen molar-refractivity contribution < 1.29 is 4.52 Å². The van der Waals surface area contributed by atoms with Crippen LogP contribution in [-0.2, 0) is 6.42 Å². The molecule has 3 nitrogen and oxygen atoms in total. The highest BCUT2D eigenvalue weighted by Gasteiger charge is 2.06. The molecular formula is C8H10N2O. The Morgan fingerprint density at radius 3 is 2.91 bits per heavy atom. The van der Waals surface area contributed by atoms with E-state index in [2.05, 4.69) is 5.16 Å². The summed E-state index contributed by atoms with van der Waals surface area (Å²) in [5.74, 6) is 1.19. The predicted molar refractivity (Wildman–Crippen MR) is 39.9 cm³/mol. The maximum atomic E-state index is 8.34. The number of aromatic nitrogens is 1. The van der Waals surface area contributed by atoms with E-state index in [-0.39, 0.29) is 0 Å². The molecule has 0 aliphatic heterocycles. The molecule has 0 bridgehead atoms. The molecule has 0 aliphatic rings. The molecule has 1 rings (SSSR count). The lowest BCUT2D eigenvalue weighted by Crippen LogP contribution is -1.81. The van der Waals surface area contributed by atoms with Crippen molar-refractivity contribution in [2.24, 2.45) is 0 Å². The minimum absolute atomic E-state index is 0.330. The van der Waals surface area contributed by atoms with E-state index in [1.807, 2.05) is 26.0 Å². The van der Waals surface area contributed by atoms with Crippen LogP contribution in [0.1, 0.15) is 31.2 Å². The molecule has 0 aromatic carbocycles. The van der Waals surface area contributed by atoms with Crippen LogP contribution in [0.5, 0.6) is 0 Å². The van der Waals surface area contributed by atoms with Gasteiger partial charge in [-0.3, -0.25) is 0 Å². The van der Waals surface area contributed by atoms with Crippen LogP contribution in [0.25, 0.3) is 0 Å². The Balaban J connectivity index is 2.75. The second-order valence-corrected chi connectivity index (χ2v) is 2.71. The molecule has 0 aliphatic carbocycles. The molecule has 3 heteroatoms. The summed E-state index contributed by atoms with van der Waals surface area (Å²) < 4.78 is 4.98. The molecule has 0 saturated carbocycles. The first-order valence-corrected chi connectivity index (χ1v) is 3.56. The van der Waals surface area contributed by atoms with Gasteiger partial charge in [0.05, 0.1) is 18.2 Å². The second kappa shape index (κ2) is 3.20. The van der Waals surface area contributed by atoms with Crippen LogP contribution in [-0.4, -0.2) is 5.16 Å². The zero-order valence-electron chi connectivity index (χ0n) is 6.66. The fourth-order valence-electron chi connectivity index (χ4n) is 0.765. The summed E-state index contributed by atoms with van der Waals surface area (Å²) in [4.78, 5) is 0. The van der Waals surface area contributed by atoms with E-state index in [4.69, 9.17) is 9.78 Å². The first kappa shape index (κ1) is 7.80. The van der Waals surface area contributed by atoms with E-state index in [0.29, 0.717) is 12.3 Å². The number of nitrogens with zero attached hydrogens (tertiary/aromatic N) is 2. The lowest BCUT2D eigenvalue weighted by atomic mass is 10.1. The van der Waals surface area contributed by atoms with Gasteiger partial charge < -0.3 is 4.52 Å². The fourth-order valence-corrected chi connectivity index (χ4v) is 0.765. The third-order valence-electron chi connectivity index (χ3n) is 1.41. The Morgan fingerprint density at radius 1 is 1.73 bits per heavy atom. The average Bonchev–Trinajstić information content (AvgIpc) is 2.37. The minimum Gasteiger partial charge on any atom is -0.361 e. The summed E-state index contributed by atoms with van der Waals surface area (Å²) in [6.45, 7) is 4.05. The third-order valence-corrected chi connectivity index (χ3v) is 1.41.